The van der Waals surface area contributed by atoms with Gasteiger partial charge in [-0.15, -0.1) is 0 Å². The molecule has 1 amide bonds. The molecule has 2 heterocycles. The third-order valence-electron chi connectivity index (χ3n) is 3.88. The van der Waals surface area contributed by atoms with Crippen LogP contribution in [0.1, 0.15) is 25.7 Å². The van der Waals surface area contributed by atoms with Crippen LogP contribution in [-0.4, -0.2) is 30.9 Å². The molecule has 1 N–H and O–H groups in total. The molecule has 4 heteroatoms. The van der Waals surface area contributed by atoms with E-state index in [1.807, 2.05) is 6.08 Å². The van der Waals surface area contributed by atoms with E-state index in [1.165, 1.54) is 0 Å². The van der Waals surface area contributed by atoms with Crippen LogP contribution < -0.4 is 5.32 Å². The topological polar surface area (TPSA) is 47.6 Å². The molecule has 2 aliphatic heterocycles. The number of hydrogen-bond acceptors (Lipinski definition) is 3. The lowest BCUT2D eigenvalue weighted by Gasteiger charge is -2.37. The molecule has 0 bridgehead atoms. The molecule has 1 saturated carbocycles. The van der Waals surface area contributed by atoms with E-state index >= 15 is 0 Å². The monoisotopic (exact) mass is 223 g/mol. The molecule has 1 saturated heterocycles. The summed E-state index contributed by atoms with van der Waals surface area (Å²) in [4.78, 5) is 11.1. The van der Waals surface area contributed by atoms with E-state index in [1.54, 1.807) is 6.08 Å². The van der Waals surface area contributed by atoms with Crippen molar-refractivity contribution < 1.29 is 14.3 Å². The molecule has 3 rings (SSSR count). The first kappa shape index (κ1) is 10.3. The van der Waals surface area contributed by atoms with Crippen molar-refractivity contribution in [3.63, 3.8) is 0 Å². The third kappa shape index (κ3) is 1.76. The number of carbonyl (C=O) groups is 1. The Bertz CT molecular complexity index is 310. The maximum absolute atomic E-state index is 11.1. The van der Waals surface area contributed by atoms with E-state index in [9.17, 15) is 4.79 Å². The summed E-state index contributed by atoms with van der Waals surface area (Å²) >= 11 is 0. The van der Waals surface area contributed by atoms with Crippen molar-refractivity contribution in [2.45, 2.75) is 37.5 Å². The van der Waals surface area contributed by atoms with E-state index in [0.29, 0.717) is 5.92 Å². The minimum Gasteiger partial charge on any atom is -0.348 e. The average molecular weight is 223 g/mol. The summed E-state index contributed by atoms with van der Waals surface area (Å²) in [5.41, 5.74) is 0. The van der Waals surface area contributed by atoms with Gasteiger partial charge in [-0.25, -0.2) is 0 Å². The van der Waals surface area contributed by atoms with Crippen molar-refractivity contribution in [1.29, 1.82) is 0 Å². The summed E-state index contributed by atoms with van der Waals surface area (Å²) in [7, 11) is 0. The first-order chi connectivity index (χ1) is 7.77. The normalized spacial score (nSPS) is 33.5. The summed E-state index contributed by atoms with van der Waals surface area (Å²) in [6.07, 6.45) is 7.67. The predicted molar refractivity (Wildman–Crippen MR) is 57.7 cm³/mol. The van der Waals surface area contributed by atoms with Gasteiger partial charge in [-0.1, -0.05) is 6.08 Å². The van der Waals surface area contributed by atoms with E-state index in [0.717, 1.165) is 38.9 Å². The van der Waals surface area contributed by atoms with Crippen LogP contribution in [0.25, 0.3) is 0 Å². The van der Waals surface area contributed by atoms with Gasteiger partial charge in [0.2, 0.25) is 5.91 Å². The Morgan fingerprint density at radius 2 is 1.94 bits per heavy atom. The highest BCUT2D eigenvalue weighted by Gasteiger charge is 2.42. The minimum absolute atomic E-state index is 0.0404. The predicted octanol–water partition coefficient (Wildman–Crippen LogP) is 0.974. The van der Waals surface area contributed by atoms with Crippen LogP contribution in [0.3, 0.4) is 0 Å². The fraction of sp³-hybridized carbons (Fsp3) is 0.750. The number of nitrogens with one attached hydrogen (secondary N) is 1. The Labute approximate surface area is 95.0 Å². The number of rotatable bonds is 1. The number of carbonyl (C=O) groups excluding carboxylic acids is 1. The zero-order chi connectivity index (χ0) is 11.0. The first-order valence-corrected chi connectivity index (χ1v) is 6.04. The van der Waals surface area contributed by atoms with Crippen molar-refractivity contribution in [2.24, 2.45) is 5.92 Å². The summed E-state index contributed by atoms with van der Waals surface area (Å²) in [5.74, 6) is 0.294. The van der Waals surface area contributed by atoms with Gasteiger partial charge in [0.15, 0.2) is 5.79 Å². The fourth-order valence-corrected chi connectivity index (χ4v) is 2.95. The van der Waals surface area contributed by atoms with Gasteiger partial charge in [0.05, 0.1) is 19.3 Å². The first-order valence-electron chi connectivity index (χ1n) is 6.04. The highest BCUT2D eigenvalue weighted by molar-refractivity contribution is 5.90. The van der Waals surface area contributed by atoms with E-state index in [2.05, 4.69) is 5.32 Å². The van der Waals surface area contributed by atoms with Crippen molar-refractivity contribution in [3.8, 4) is 0 Å². The van der Waals surface area contributed by atoms with Gasteiger partial charge in [0.1, 0.15) is 0 Å². The van der Waals surface area contributed by atoms with E-state index in [-0.39, 0.29) is 17.7 Å². The molecular weight excluding hydrogens is 206 g/mol. The summed E-state index contributed by atoms with van der Waals surface area (Å²) in [6, 6.07) is 0.228. The number of hydrogen-bond donors (Lipinski definition) is 1. The second-order valence-electron chi connectivity index (χ2n) is 4.84. The Hall–Kier alpha value is -0.870. The lowest BCUT2D eigenvalue weighted by Crippen LogP contribution is -2.41. The summed E-state index contributed by atoms with van der Waals surface area (Å²) < 4.78 is 11.4. The quantitative estimate of drug-likeness (QED) is 0.720. The van der Waals surface area contributed by atoms with Crippen LogP contribution in [0, 0.1) is 5.92 Å². The molecule has 88 valence electrons. The SMILES string of the molecule is O=C1C=CC(C2CCC3(CC2)OCCO3)N1. The average Bonchev–Trinajstić information content (AvgIpc) is 2.90. The lowest BCUT2D eigenvalue weighted by molar-refractivity contribution is -0.183. The van der Waals surface area contributed by atoms with Crippen molar-refractivity contribution in [3.05, 3.63) is 12.2 Å². The molecule has 0 radical (unpaired) electrons. The van der Waals surface area contributed by atoms with Gasteiger partial charge in [-0.2, -0.15) is 0 Å². The van der Waals surface area contributed by atoms with Crippen molar-refractivity contribution in [1.82, 2.24) is 5.32 Å². The molecule has 4 nitrogen and oxygen atoms in total. The van der Waals surface area contributed by atoms with Gasteiger partial charge in [0.25, 0.3) is 0 Å². The van der Waals surface area contributed by atoms with Gasteiger partial charge in [0, 0.05) is 18.9 Å². The number of amides is 1. The molecule has 1 atom stereocenters. The molecule has 1 unspecified atom stereocenters. The highest BCUT2D eigenvalue weighted by Crippen LogP contribution is 2.39. The second kappa shape index (κ2) is 3.86. The van der Waals surface area contributed by atoms with Crippen molar-refractivity contribution in [2.75, 3.05) is 13.2 Å². The standard InChI is InChI=1S/C12H17NO3/c14-11-2-1-10(13-11)9-3-5-12(6-4-9)15-7-8-16-12/h1-2,9-10H,3-8H2,(H,13,14). The molecule has 1 spiro atoms. The Kier molecular flexibility index (Phi) is 2.48. The molecule has 3 aliphatic rings. The van der Waals surface area contributed by atoms with Crippen LogP contribution in [0.15, 0.2) is 12.2 Å². The molecule has 16 heavy (non-hydrogen) atoms. The zero-order valence-corrected chi connectivity index (χ0v) is 9.28. The molecule has 2 fully saturated rings. The largest absolute Gasteiger partial charge is 0.348 e. The van der Waals surface area contributed by atoms with E-state index < -0.39 is 0 Å². The molecule has 0 aromatic carbocycles. The molecular formula is C12H17NO3. The van der Waals surface area contributed by atoms with Crippen LogP contribution in [0.2, 0.25) is 0 Å². The highest BCUT2D eigenvalue weighted by atomic mass is 16.7. The Morgan fingerprint density at radius 3 is 2.50 bits per heavy atom. The van der Waals surface area contributed by atoms with Crippen LogP contribution in [0.4, 0.5) is 0 Å². The van der Waals surface area contributed by atoms with Gasteiger partial charge >= 0.3 is 0 Å². The Morgan fingerprint density at radius 1 is 1.25 bits per heavy atom. The smallest absolute Gasteiger partial charge is 0.244 e. The zero-order valence-electron chi connectivity index (χ0n) is 9.28. The summed E-state index contributed by atoms with van der Waals surface area (Å²) in [5, 5.41) is 2.97. The lowest BCUT2D eigenvalue weighted by atomic mass is 9.81. The second-order valence-corrected chi connectivity index (χ2v) is 4.84. The maximum Gasteiger partial charge on any atom is 0.244 e. The fourth-order valence-electron chi connectivity index (χ4n) is 2.95. The van der Waals surface area contributed by atoms with Gasteiger partial charge < -0.3 is 14.8 Å². The van der Waals surface area contributed by atoms with Crippen LogP contribution >= 0.6 is 0 Å². The number of ether oxygens (including phenoxy) is 2. The maximum atomic E-state index is 11.1. The van der Waals surface area contributed by atoms with Gasteiger partial charge in [-0.3, -0.25) is 4.79 Å². The van der Waals surface area contributed by atoms with Crippen LogP contribution in [-0.2, 0) is 14.3 Å². The third-order valence-corrected chi connectivity index (χ3v) is 3.88. The van der Waals surface area contributed by atoms with Gasteiger partial charge in [-0.05, 0) is 18.8 Å². The van der Waals surface area contributed by atoms with E-state index in [4.69, 9.17) is 9.47 Å². The van der Waals surface area contributed by atoms with Crippen molar-refractivity contribution >= 4 is 5.91 Å². The Balaban J connectivity index is 1.58. The molecule has 0 aromatic heterocycles. The molecule has 0 aromatic rings. The molecule has 1 aliphatic carbocycles. The summed E-state index contributed by atoms with van der Waals surface area (Å²) in [6.45, 7) is 1.45. The minimum atomic E-state index is -0.289. The van der Waals surface area contributed by atoms with Crippen LogP contribution in [0.5, 0.6) is 0 Å².